The van der Waals surface area contributed by atoms with Crippen molar-refractivity contribution in [3.8, 4) is 5.75 Å². The molecule has 1 aromatic carbocycles. The van der Waals surface area contributed by atoms with E-state index in [1.54, 1.807) is 11.0 Å². The van der Waals surface area contributed by atoms with Crippen molar-refractivity contribution >= 4 is 12.0 Å². The predicted octanol–water partition coefficient (Wildman–Crippen LogP) is 3.75. The molecule has 0 heterocycles. The number of carbonyl (C=O) groups is 1. The Bertz CT molecular complexity index is 423. The lowest BCUT2D eigenvalue weighted by molar-refractivity contribution is -0.124. The molecule has 0 saturated carbocycles. The molecule has 3 nitrogen and oxygen atoms in total. The highest BCUT2D eigenvalue weighted by Crippen LogP contribution is 2.13. The van der Waals surface area contributed by atoms with Crippen molar-refractivity contribution in [2.24, 2.45) is 0 Å². The number of rotatable bonds is 8. The van der Waals surface area contributed by atoms with Crippen LogP contribution in [0.25, 0.3) is 6.08 Å². The number of hydrogen-bond donors (Lipinski definition) is 0. The highest BCUT2D eigenvalue weighted by Gasteiger charge is 2.03. The maximum atomic E-state index is 11.8. The highest BCUT2D eigenvalue weighted by atomic mass is 16.5. The van der Waals surface area contributed by atoms with Crippen LogP contribution in [0.15, 0.2) is 30.3 Å². The summed E-state index contributed by atoms with van der Waals surface area (Å²) in [6, 6.07) is 7.78. The summed E-state index contributed by atoms with van der Waals surface area (Å²) in [5.74, 6) is 0.917. The van der Waals surface area contributed by atoms with Gasteiger partial charge >= 0.3 is 0 Å². The molecule has 0 aliphatic carbocycles. The van der Waals surface area contributed by atoms with Gasteiger partial charge in [0.1, 0.15) is 5.75 Å². The van der Waals surface area contributed by atoms with E-state index in [0.717, 1.165) is 43.7 Å². The topological polar surface area (TPSA) is 29.5 Å². The molecule has 0 fully saturated rings. The standard InChI is InChI=1S/C17H25NO2/c1-4-6-13-18(3)17(19)12-9-15-7-10-16(11-8-15)20-14-5-2/h7-12H,4-6,13-14H2,1-3H3/b12-9+. The van der Waals surface area contributed by atoms with Crippen LogP contribution in [0.3, 0.4) is 0 Å². The van der Waals surface area contributed by atoms with E-state index in [0.29, 0.717) is 0 Å². The Kier molecular flexibility index (Phi) is 7.48. The smallest absolute Gasteiger partial charge is 0.246 e. The van der Waals surface area contributed by atoms with Gasteiger partial charge in [-0.3, -0.25) is 4.79 Å². The van der Waals surface area contributed by atoms with Gasteiger partial charge in [0.25, 0.3) is 0 Å². The van der Waals surface area contributed by atoms with Crippen molar-refractivity contribution in [1.29, 1.82) is 0 Å². The van der Waals surface area contributed by atoms with Gasteiger partial charge in [-0.25, -0.2) is 0 Å². The number of amides is 1. The Morgan fingerprint density at radius 2 is 1.90 bits per heavy atom. The van der Waals surface area contributed by atoms with Gasteiger partial charge in [0, 0.05) is 19.7 Å². The number of unbranched alkanes of at least 4 members (excludes halogenated alkanes) is 1. The summed E-state index contributed by atoms with van der Waals surface area (Å²) < 4.78 is 5.52. The van der Waals surface area contributed by atoms with Gasteiger partial charge in [-0.05, 0) is 36.6 Å². The minimum atomic E-state index is 0.0461. The monoisotopic (exact) mass is 275 g/mol. The van der Waals surface area contributed by atoms with Gasteiger partial charge in [0.15, 0.2) is 0 Å². The molecule has 0 spiro atoms. The molecule has 3 heteroatoms. The normalized spacial score (nSPS) is 10.8. The lowest BCUT2D eigenvalue weighted by Gasteiger charge is -2.13. The third-order valence-electron chi connectivity index (χ3n) is 2.99. The molecule has 110 valence electrons. The summed E-state index contributed by atoms with van der Waals surface area (Å²) in [6.45, 7) is 5.74. The molecule has 1 rings (SSSR count). The van der Waals surface area contributed by atoms with Gasteiger partial charge in [0.2, 0.25) is 5.91 Å². The van der Waals surface area contributed by atoms with Gasteiger partial charge in [0.05, 0.1) is 6.61 Å². The molecule has 0 saturated heterocycles. The molecule has 0 N–H and O–H groups in total. The molecule has 0 radical (unpaired) electrons. The third-order valence-corrected chi connectivity index (χ3v) is 2.99. The Balaban J connectivity index is 2.50. The summed E-state index contributed by atoms with van der Waals surface area (Å²) in [6.07, 6.45) is 6.60. The van der Waals surface area contributed by atoms with Crippen LogP contribution in [-0.4, -0.2) is 31.0 Å². The van der Waals surface area contributed by atoms with Crippen LogP contribution < -0.4 is 4.74 Å². The van der Waals surface area contributed by atoms with E-state index in [2.05, 4.69) is 13.8 Å². The molecule has 0 unspecified atom stereocenters. The van der Waals surface area contributed by atoms with E-state index in [9.17, 15) is 4.79 Å². The first-order valence-electron chi connectivity index (χ1n) is 7.33. The number of nitrogens with zero attached hydrogens (tertiary/aromatic N) is 1. The molecule has 1 amide bonds. The van der Waals surface area contributed by atoms with Crippen LogP contribution in [0.2, 0.25) is 0 Å². The lowest BCUT2D eigenvalue weighted by Crippen LogP contribution is -2.25. The van der Waals surface area contributed by atoms with Gasteiger partial charge < -0.3 is 9.64 Å². The third kappa shape index (κ3) is 5.91. The fourth-order valence-electron chi connectivity index (χ4n) is 1.70. The maximum Gasteiger partial charge on any atom is 0.246 e. The fraction of sp³-hybridized carbons (Fsp3) is 0.471. The van der Waals surface area contributed by atoms with Crippen molar-refractivity contribution in [1.82, 2.24) is 4.90 Å². The van der Waals surface area contributed by atoms with Crippen LogP contribution >= 0.6 is 0 Å². The summed E-state index contributed by atoms with van der Waals surface area (Å²) in [4.78, 5) is 13.6. The number of ether oxygens (including phenoxy) is 1. The second-order valence-corrected chi connectivity index (χ2v) is 4.86. The van der Waals surface area contributed by atoms with Crippen LogP contribution in [0, 0.1) is 0 Å². The predicted molar refractivity (Wildman–Crippen MR) is 83.8 cm³/mol. The van der Waals surface area contributed by atoms with E-state index in [1.165, 1.54) is 0 Å². The molecule has 0 aliphatic heterocycles. The van der Waals surface area contributed by atoms with Crippen LogP contribution in [0.1, 0.15) is 38.7 Å². The average Bonchev–Trinajstić information content (AvgIpc) is 2.49. The molecule has 20 heavy (non-hydrogen) atoms. The molecule has 1 aromatic rings. The van der Waals surface area contributed by atoms with E-state index in [1.807, 2.05) is 37.4 Å². The molecular weight excluding hydrogens is 250 g/mol. The van der Waals surface area contributed by atoms with Crippen molar-refractivity contribution in [3.05, 3.63) is 35.9 Å². The second kappa shape index (κ2) is 9.18. The zero-order valence-electron chi connectivity index (χ0n) is 12.8. The van der Waals surface area contributed by atoms with Gasteiger partial charge in [-0.2, -0.15) is 0 Å². The summed E-state index contributed by atoms with van der Waals surface area (Å²) >= 11 is 0. The number of carbonyl (C=O) groups excluding carboxylic acids is 1. The first-order chi connectivity index (χ1) is 9.67. The number of likely N-dealkylation sites (N-methyl/N-ethyl adjacent to an activating group) is 1. The first-order valence-corrected chi connectivity index (χ1v) is 7.33. The van der Waals surface area contributed by atoms with Crippen molar-refractivity contribution < 1.29 is 9.53 Å². The average molecular weight is 275 g/mol. The van der Waals surface area contributed by atoms with Gasteiger partial charge in [-0.15, -0.1) is 0 Å². The first kappa shape index (κ1) is 16.3. The Morgan fingerprint density at radius 1 is 1.20 bits per heavy atom. The number of benzene rings is 1. The van der Waals surface area contributed by atoms with Gasteiger partial charge in [-0.1, -0.05) is 32.4 Å². The second-order valence-electron chi connectivity index (χ2n) is 4.86. The van der Waals surface area contributed by atoms with Crippen LogP contribution in [0.5, 0.6) is 5.75 Å². The maximum absolute atomic E-state index is 11.8. The Labute approximate surface area is 122 Å². The van der Waals surface area contributed by atoms with E-state index in [-0.39, 0.29) is 5.91 Å². The van der Waals surface area contributed by atoms with Crippen molar-refractivity contribution in [3.63, 3.8) is 0 Å². The van der Waals surface area contributed by atoms with Crippen molar-refractivity contribution in [2.75, 3.05) is 20.2 Å². The minimum Gasteiger partial charge on any atom is -0.494 e. The zero-order chi connectivity index (χ0) is 14.8. The van der Waals surface area contributed by atoms with E-state index in [4.69, 9.17) is 4.74 Å². The zero-order valence-corrected chi connectivity index (χ0v) is 12.8. The summed E-state index contributed by atoms with van der Waals surface area (Å²) in [7, 11) is 1.84. The highest BCUT2D eigenvalue weighted by molar-refractivity contribution is 5.91. The molecule has 0 aliphatic rings. The molecule has 0 bridgehead atoms. The van der Waals surface area contributed by atoms with E-state index >= 15 is 0 Å². The SMILES string of the molecule is CCCCN(C)C(=O)/C=C/c1ccc(OCCC)cc1. The fourth-order valence-corrected chi connectivity index (χ4v) is 1.70. The van der Waals surface area contributed by atoms with E-state index < -0.39 is 0 Å². The van der Waals surface area contributed by atoms with Crippen LogP contribution in [-0.2, 0) is 4.79 Å². The minimum absolute atomic E-state index is 0.0461. The Hall–Kier alpha value is -1.77. The largest absolute Gasteiger partial charge is 0.494 e. The van der Waals surface area contributed by atoms with Crippen LogP contribution in [0.4, 0.5) is 0 Å². The molecule has 0 atom stereocenters. The summed E-state index contributed by atoms with van der Waals surface area (Å²) in [5, 5.41) is 0. The Morgan fingerprint density at radius 3 is 2.50 bits per heavy atom. The molecular formula is C17H25NO2. The summed E-state index contributed by atoms with van der Waals surface area (Å²) in [5.41, 5.74) is 1.01. The van der Waals surface area contributed by atoms with Crippen molar-refractivity contribution in [2.45, 2.75) is 33.1 Å². The number of hydrogen-bond acceptors (Lipinski definition) is 2. The lowest BCUT2D eigenvalue weighted by atomic mass is 10.2. The molecule has 0 aromatic heterocycles. The quantitative estimate of drug-likeness (QED) is 0.676.